The summed E-state index contributed by atoms with van der Waals surface area (Å²) >= 11 is 0. The number of carbonyl (C=O) groups is 1. The highest BCUT2D eigenvalue weighted by atomic mass is 16.5. The Morgan fingerprint density at radius 3 is 2.80 bits per heavy atom. The van der Waals surface area contributed by atoms with Crippen LogP contribution in [0.3, 0.4) is 0 Å². The number of anilines is 1. The highest BCUT2D eigenvalue weighted by Crippen LogP contribution is 2.52. The second kappa shape index (κ2) is 6.28. The lowest BCUT2D eigenvalue weighted by atomic mass is 9.76. The van der Waals surface area contributed by atoms with Crippen LogP contribution in [0.15, 0.2) is 54.6 Å². The fraction of sp³-hybridized carbons (Fsp3) is 0.286. The predicted octanol–water partition coefficient (Wildman–Crippen LogP) is 4.61. The van der Waals surface area contributed by atoms with E-state index in [1.807, 2.05) is 31.2 Å². The molecule has 3 atom stereocenters. The van der Waals surface area contributed by atoms with E-state index in [0.29, 0.717) is 18.1 Å². The number of benzene rings is 2. The Morgan fingerprint density at radius 1 is 1.20 bits per heavy atom. The number of fused-ring (bicyclic) bond motifs is 3. The second-order valence-corrected chi connectivity index (χ2v) is 6.52. The van der Waals surface area contributed by atoms with E-state index in [0.717, 1.165) is 23.4 Å². The molecule has 0 saturated heterocycles. The quantitative estimate of drug-likeness (QED) is 0.801. The molecule has 0 aromatic heterocycles. The van der Waals surface area contributed by atoms with Crippen LogP contribution in [0.5, 0.6) is 5.75 Å². The van der Waals surface area contributed by atoms with E-state index in [2.05, 4.69) is 23.5 Å². The molecule has 4 nitrogen and oxygen atoms in total. The number of para-hydroxylation sites is 1. The molecule has 25 heavy (non-hydrogen) atoms. The zero-order chi connectivity index (χ0) is 17.4. The number of carboxylic acid groups (broad SMARTS) is 1. The van der Waals surface area contributed by atoms with Crippen LogP contribution in [-0.2, 0) is 0 Å². The summed E-state index contributed by atoms with van der Waals surface area (Å²) in [5.41, 5.74) is 3.42. The summed E-state index contributed by atoms with van der Waals surface area (Å²) < 4.78 is 5.81. The summed E-state index contributed by atoms with van der Waals surface area (Å²) in [6.45, 7) is 2.57. The van der Waals surface area contributed by atoms with Crippen LogP contribution in [0.1, 0.15) is 46.8 Å². The number of nitrogens with one attached hydrogen (secondary N) is 1. The molecule has 0 radical (unpaired) electrons. The second-order valence-electron chi connectivity index (χ2n) is 6.52. The fourth-order valence-electron chi connectivity index (χ4n) is 4.14. The molecular formula is C21H21NO3. The molecule has 0 unspecified atom stereocenters. The van der Waals surface area contributed by atoms with E-state index in [9.17, 15) is 9.90 Å². The summed E-state index contributed by atoms with van der Waals surface area (Å²) in [6, 6.07) is 13.4. The molecule has 4 rings (SSSR count). The summed E-state index contributed by atoms with van der Waals surface area (Å²) in [4.78, 5) is 11.7. The molecule has 0 fully saturated rings. The van der Waals surface area contributed by atoms with Crippen molar-refractivity contribution in [3.8, 4) is 5.75 Å². The van der Waals surface area contributed by atoms with Crippen LogP contribution in [0.2, 0.25) is 0 Å². The van der Waals surface area contributed by atoms with E-state index in [-0.39, 0.29) is 12.0 Å². The van der Waals surface area contributed by atoms with Crippen molar-refractivity contribution in [2.24, 2.45) is 5.92 Å². The number of aromatic carboxylic acids is 1. The van der Waals surface area contributed by atoms with Crippen molar-refractivity contribution < 1.29 is 14.6 Å². The number of carboxylic acids is 1. The molecule has 2 aliphatic rings. The van der Waals surface area contributed by atoms with Gasteiger partial charge in [0.2, 0.25) is 0 Å². The first-order valence-electron chi connectivity index (χ1n) is 8.71. The largest absolute Gasteiger partial charge is 0.492 e. The molecule has 128 valence electrons. The van der Waals surface area contributed by atoms with Gasteiger partial charge in [-0.2, -0.15) is 0 Å². The smallest absolute Gasteiger partial charge is 0.336 e. The number of hydrogen-bond acceptors (Lipinski definition) is 3. The third kappa shape index (κ3) is 2.58. The van der Waals surface area contributed by atoms with Gasteiger partial charge in [0.25, 0.3) is 0 Å². The van der Waals surface area contributed by atoms with Crippen molar-refractivity contribution in [1.29, 1.82) is 0 Å². The first kappa shape index (κ1) is 15.8. The van der Waals surface area contributed by atoms with Crippen molar-refractivity contribution in [2.75, 3.05) is 11.9 Å². The lowest BCUT2D eigenvalue weighted by molar-refractivity contribution is 0.0694. The highest BCUT2D eigenvalue weighted by molar-refractivity contribution is 5.90. The van der Waals surface area contributed by atoms with Gasteiger partial charge in [-0.05, 0) is 42.5 Å². The molecule has 0 saturated carbocycles. The normalized spacial score (nSPS) is 23.5. The first-order chi connectivity index (χ1) is 12.2. The molecule has 1 heterocycles. The van der Waals surface area contributed by atoms with E-state index >= 15 is 0 Å². The molecule has 0 bridgehead atoms. The maximum absolute atomic E-state index is 11.7. The van der Waals surface area contributed by atoms with Crippen LogP contribution in [0, 0.1) is 5.92 Å². The molecule has 2 aromatic carbocycles. The topological polar surface area (TPSA) is 58.6 Å². The summed E-state index contributed by atoms with van der Waals surface area (Å²) in [6.07, 6.45) is 5.39. The molecular weight excluding hydrogens is 314 g/mol. The third-order valence-electron chi connectivity index (χ3n) is 5.18. The third-order valence-corrected chi connectivity index (χ3v) is 5.18. The molecule has 2 N–H and O–H groups in total. The van der Waals surface area contributed by atoms with Gasteiger partial charge in [-0.3, -0.25) is 0 Å². The van der Waals surface area contributed by atoms with E-state index in [1.54, 1.807) is 12.1 Å². The maximum atomic E-state index is 11.7. The number of rotatable bonds is 4. The lowest BCUT2D eigenvalue weighted by Crippen LogP contribution is -2.30. The van der Waals surface area contributed by atoms with Crippen LogP contribution >= 0.6 is 0 Å². The van der Waals surface area contributed by atoms with E-state index in [4.69, 9.17) is 4.74 Å². The number of allylic oxidation sites excluding steroid dienone is 2. The molecule has 0 spiro atoms. The monoisotopic (exact) mass is 335 g/mol. The van der Waals surface area contributed by atoms with Crippen LogP contribution < -0.4 is 10.1 Å². The molecule has 2 aromatic rings. The molecule has 4 heteroatoms. The van der Waals surface area contributed by atoms with Crippen molar-refractivity contribution >= 4 is 11.7 Å². The van der Waals surface area contributed by atoms with Gasteiger partial charge in [-0.15, -0.1) is 0 Å². The Hall–Kier alpha value is -2.75. The maximum Gasteiger partial charge on any atom is 0.336 e. The Bertz CT molecular complexity index is 843. The fourth-order valence-corrected chi connectivity index (χ4v) is 4.14. The van der Waals surface area contributed by atoms with Gasteiger partial charge in [-0.25, -0.2) is 4.79 Å². The number of hydrogen-bond donors (Lipinski definition) is 2. The Balaban J connectivity index is 1.83. The average Bonchev–Trinajstić information content (AvgIpc) is 3.11. The van der Waals surface area contributed by atoms with Crippen LogP contribution in [0.4, 0.5) is 5.69 Å². The van der Waals surface area contributed by atoms with Crippen molar-refractivity contribution in [3.63, 3.8) is 0 Å². The molecule has 0 amide bonds. The van der Waals surface area contributed by atoms with Gasteiger partial charge >= 0.3 is 5.97 Å². The Morgan fingerprint density at radius 2 is 2.00 bits per heavy atom. The minimum absolute atomic E-state index is 0.0543. The Kier molecular flexibility index (Phi) is 3.96. The van der Waals surface area contributed by atoms with Crippen molar-refractivity contribution in [2.45, 2.75) is 25.3 Å². The van der Waals surface area contributed by atoms with Gasteiger partial charge in [0, 0.05) is 5.92 Å². The van der Waals surface area contributed by atoms with Gasteiger partial charge < -0.3 is 15.2 Å². The molecule has 1 aliphatic carbocycles. The van der Waals surface area contributed by atoms with Crippen molar-refractivity contribution in [3.05, 3.63) is 71.3 Å². The summed E-state index contributed by atoms with van der Waals surface area (Å²) in [5.74, 6) is 0.536. The predicted molar refractivity (Wildman–Crippen MR) is 97.4 cm³/mol. The van der Waals surface area contributed by atoms with E-state index in [1.165, 1.54) is 5.56 Å². The zero-order valence-electron chi connectivity index (χ0n) is 14.1. The van der Waals surface area contributed by atoms with Gasteiger partial charge in [0.1, 0.15) is 5.75 Å². The SMILES string of the molecule is CCOc1cccc2c1N[C@H](c1ccccc1C(=O)O)[C@@H]1CC=C[C@H]21. The van der Waals surface area contributed by atoms with Gasteiger partial charge in [0.05, 0.1) is 23.9 Å². The zero-order valence-corrected chi connectivity index (χ0v) is 14.1. The minimum atomic E-state index is -0.885. The summed E-state index contributed by atoms with van der Waals surface area (Å²) in [5, 5.41) is 13.2. The van der Waals surface area contributed by atoms with Crippen LogP contribution in [-0.4, -0.2) is 17.7 Å². The van der Waals surface area contributed by atoms with Gasteiger partial charge in [-0.1, -0.05) is 42.5 Å². The highest BCUT2D eigenvalue weighted by Gasteiger charge is 2.40. The Labute approximate surface area is 147 Å². The standard InChI is InChI=1S/C21H21NO3/c1-2-25-18-12-6-11-15-13-9-5-10-14(13)19(22-20(15)18)16-7-3-4-8-17(16)21(23)24/h3-9,11-14,19,22H,2,10H2,1H3,(H,23,24)/t13-,14+,19-/m0/s1. The first-order valence-corrected chi connectivity index (χ1v) is 8.71. The lowest BCUT2D eigenvalue weighted by Gasteiger charge is -2.38. The average molecular weight is 335 g/mol. The van der Waals surface area contributed by atoms with Crippen molar-refractivity contribution in [1.82, 2.24) is 0 Å². The van der Waals surface area contributed by atoms with Crippen LogP contribution in [0.25, 0.3) is 0 Å². The minimum Gasteiger partial charge on any atom is -0.492 e. The number of ether oxygens (including phenoxy) is 1. The van der Waals surface area contributed by atoms with Gasteiger partial charge in [0.15, 0.2) is 0 Å². The molecule has 1 aliphatic heterocycles. The van der Waals surface area contributed by atoms with E-state index < -0.39 is 5.97 Å². The summed E-state index contributed by atoms with van der Waals surface area (Å²) in [7, 11) is 0.